The van der Waals surface area contributed by atoms with Crippen molar-refractivity contribution in [3.8, 4) is 0 Å². The van der Waals surface area contributed by atoms with E-state index < -0.39 is 6.10 Å². The lowest BCUT2D eigenvalue weighted by Crippen LogP contribution is -2.30. The van der Waals surface area contributed by atoms with Gasteiger partial charge in [0.05, 0.1) is 0 Å². The maximum Gasteiger partial charge on any atom is 0.306 e. The fourth-order valence-corrected chi connectivity index (χ4v) is 7.13. The molecule has 0 saturated carbocycles. The molecule has 0 fully saturated rings. The third kappa shape index (κ3) is 52.9. The van der Waals surface area contributed by atoms with Crippen LogP contribution in [0.5, 0.6) is 0 Å². The third-order valence-electron chi connectivity index (χ3n) is 11.2. The first-order chi connectivity index (χ1) is 33.0. The lowest BCUT2D eigenvalue weighted by Gasteiger charge is -2.18. The first-order valence-electron chi connectivity index (χ1n) is 27.4. The van der Waals surface area contributed by atoms with E-state index in [4.69, 9.17) is 14.2 Å². The van der Waals surface area contributed by atoms with Crippen molar-refractivity contribution in [1.29, 1.82) is 0 Å². The van der Waals surface area contributed by atoms with Crippen molar-refractivity contribution in [2.75, 3.05) is 13.2 Å². The lowest BCUT2D eigenvalue weighted by molar-refractivity contribution is -0.167. The van der Waals surface area contributed by atoms with Crippen molar-refractivity contribution in [1.82, 2.24) is 0 Å². The van der Waals surface area contributed by atoms with Crippen LogP contribution in [0.3, 0.4) is 0 Å². The van der Waals surface area contributed by atoms with Crippen molar-refractivity contribution in [2.24, 2.45) is 0 Å². The molecule has 6 nitrogen and oxygen atoms in total. The van der Waals surface area contributed by atoms with Crippen LogP contribution in [0.25, 0.3) is 0 Å². The highest BCUT2D eigenvalue weighted by molar-refractivity contribution is 5.71. The molecule has 0 aromatic heterocycles. The van der Waals surface area contributed by atoms with E-state index >= 15 is 0 Å². The molecule has 0 unspecified atom stereocenters. The third-order valence-corrected chi connectivity index (χ3v) is 11.2. The molecule has 67 heavy (non-hydrogen) atoms. The van der Waals surface area contributed by atoms with Gasteiger partial charge in [-0.15, -0.1) is 0 Å². The Hall–Kier alpha value is -3.93. The Labute approximate surface area is 412 Å². The Morgan fingerprint density at radius 3 is 1.04 bits per heavy atom. The number of carbonyl (C=O) groups excluding carboxylic acids is 3. The Bertz CT molecular complexity index is 1390. The zero-order chi connectivity index (χ0) is 48.6. The van der Waals surface area contributed by atoms with Crippen LogP contribution in [-0.4, -0.2) is 37.2 Å². The van der Waals surface area contributed by atoms with E-state index in [2.05, 4.69) is 130 Å². The minimum atomic E-state index is -0.821. The van der Waals surface area contributed by atoms with Gasteiger partial charge in [0.15, 0.2) is 6.10 Å². The summed E-state index contributed by atoms with van der Waals surface area (Å²) in [6.07, 6.45) is 73.6. The minimum absolute atomic E-state index is 0.119. The first-order valence-corrected chi connectivity index (χ1v) is 27.4. The van der Waals surface area contributed by atoms with E-state index in [1.54, 1.807) is 0 Å². The molecule has 380 valence electrons. The van der Waals surface area contributed by atoms with E-state index in [1.165, 1.54) is 103 Å². The molecule has 0 aromatic rings. The molecule has 0 saturated heterocycles. The average Bonchev–Trinajstić information content (AvgIpc) is 3.33. The second-order valence-corrected chi connectivity index (χ2v) is 17.7. The highest BCUT2D eigenvalue weighted by Gasteiger charge is 2.19. The van der Waals surface area contributed by atoms with Gasteiger partial charge < -0.3 is 14.2 Å². The summed E-state index contributed by atoms with van der Waals surface area (Å²) in [5.41, 5.74) is 0. The standard InChI is InChI=1S/C61H100O6/c1-4-7-10-13-16-19-22-25-28-30-33-36-39-42-45-48-51-54-60(63)66-57-58(56-65-59(62)53-50-47-44-41-38-35-32-27-24-21-18-15-12-9-6-3)67-61(64)55-52-49-46-43-40-37-34-31-29-26-23-20-17-14-11-8-5-2/h7,10,16,18-19,21,25-29,32-33,36,38,41-42,45,58H,4-6,8-9,11-15,17,20,22-24,30-31,34-35,37,39-40,43-44,46-57H2,1-3H3/b10-7-,19-16-,21-18-,28-25-,29-26-,32-27-,36-33-,41-38-,45-42-/t58-/m1/s1. The summed E-state index contributed by atoms with van der Waals surface area (Å²) in [6.45, 7) is 6.40. The Kier molecular flexibility index (Phi) is 51.5. The van der Waals surface area contributed by atoms with Crippen LogP contribution in [0.1, 0.15) is 239 Å². The van der Waals surface area contributed by atoms with Crippen LogP contribution in [0.15, 0.2) is 109 Å². The molecule has 0 aliphatic heterocycles. The molecular formula is C61H100O6. The number of hydrogen-bond donors (Lipinski definition) is 0. The maximum atomic E-state index is 12.8. The van der Waals surface area contributed by atoms with Crippen molar-refractivity contribution in [3.05, 3.63) is 109 Å². The van der Waals surface area contributed by atoms with Crippen LogP contribution in [0.2, 0.25) is 0 Å². The number of unbranched alkanes of at least 4 members (excludes halogenated alkanes) is 19. The van der Waals surface area contributed by atoms with Gasteiger partial charge in [-0.25, -0.2) is 0 Å². The highest BCUT2D eigenvalue weighted by Crippen LogP contribution is 2.13. The zero-order valence-corrected chi connectivity index (χ0v) is 43.4. The van der Waals surface area contributed by atoms with Gasteiger partial charge in [0.25, 0.3) is 0 Å². The second kappa shape index (κ2) is 54.7. The van der Waals surface area contributed by atoms with Gasteiger partial charge >= 0.3 is 17.9 Å². The van der Waals surface area contributed by atoms with Crippen molar-refractivity contribution in [3.63, 3.8) is 0 Å². The summed E-state index contributed by atoms with van der Waals surface area (Å²) in [4.78, 5) is 38.1. The fourth-order valence-electron chi connectivity index (χ4n) is 7.13. The number of rotatable bonds is 48. The topological polar surface area (TPSA) is 78.9 Å². The van der Waals surface area contributed by atoms with Crippen molar-refractivity contribution >= 4 is 17.9 Å². The molecule has 0 radical (unpaired) electrons. The molecule has 6 heteroatoms. The summed E-state index contributed by atoms with van der Waals surface area (Å²) in [5, 5.41) is 0. The molecule has 0 bridgehead atoms. The SMILES string of the molecule is CC/C=C\C/C=C\C/C=C\C/C=C\C/C=C\CCCC(=O)OC[C@@H](COC(=O)CCCC/C=C\C/C=C\C/C=C\CCCCC)OC(=O)CCCCCCCCC/C=C\CCCCCCCC. The molecule has 0 heterocycles. The highest BCUT2D eigenvalue weighted by atomic mass is 16.6. The molecule has 1 atom stereocenters. The average molecular weight is 929 g/mol. The van der Waals surface area contributed by atoms with Crippen LogP contribution >= 0.6 is 0 Å². The van der Waals surface area contributed by atoms with Gasteiger partial charge in [0, 0.05) is 19.3 Å². The predicted molar refractivity (Wildman–Crippen MR) is 288 cm³/mol. The van der Waals surface area contributed by atoms with E-state index in [0.29, 0.717) is 19.3 Å². The van der Waals surface area contributed by atoms with Gasteiger partial charge in [-0.1, -0.05) is 207 Å². The summed E-state index contributed by atoms with van der Waals surface area (Å²) >= 11 is 0. The van der Waals surface area contributed by atoms with Gasteiger partial charge in [-0.05, 0) is 122 Å². The second-order valence-electron chi connectivity index (χ2n) is 17.7. The van der Waals surface area contributed by atoms with Gasteiger partial charge in [-0.3, -0.25) is 14.4 Å². The number of esters is 3. The number of carbonyl (C=O) groups is 3. The number of hydrogen-bond acceptors (Lipinski definition) is 6. The maximum absolute atomic E-state index is 12.8. The molecule has 0 N–H and O–H groups in total. The van der Waals surface area contributed by atoms with E-state index in [-0.39, 0.29) is 37.5 Å². The summed E-state index contributed by atoms with van der Waals surface area (Å²) in [6, 6.07) is 0. The van der Waals surface area contributed by atoms with Crippen molar-refractivity contribution in [2.45, 2.75) is 245 Å². The summed E-state index contributed by atoms with van der Waals surface area (Å²) in [7, 11) is 0. The molecule has 0 aliphatic carbocycles. The van der Waals surface area contributed by atoms with Crippen LogP contribution < -0.4 is 0 Å². The van der Waals surface area contributed by atoms with E-state index in [1.807, 2.05) is 0 Å². The zero-order valence-electron chi connectivity index (χ0n) is 43.4. The quantitative estimate of drug-likeness (QED) is 0.0262. The monoisotopic (exact) mass is 929 g/mol. The molecule has 0 aromatic carbocycles. The molecular weight excluding hydrogens is 829 g/mol. The normalized spacial score (nSPS) is 12.9. The number of ether oxygens (including phenoxy) is 3. The predicted octanol–water partition coefficient (Wildman–Crippen LogP) is 18.3. The molecule has 0 aliphatic rings. The molecule has 0 spiro atoms. The van der Waals surface area contributed by atoms with Crippen LogP contribution in [0.4, 0.5) is 0 Å². The largest absolute Gasteiger partial charge is 0.462 e. The van der Waals surface area contributed by atoms with Gasteiger partial charge in [0.2, 0.25) is 0 Å². The molecule has 0 amide bonds. The smallest absolute Gasteiger partial charge is 0.306 e. The van der Waals surface area contributed by atoms with Gasteiger partial charge in [-0.2, -0.15) is 0 Å². The van der Waals surface area contributed by atoms with Crippen LogP contribution in [-0.2, 0) is 28.6 Å². The Morgan fingerprint density at radius 2 is 0.597 bits per heavy atom. The van der Waals surface area contributed by atoms with Gasteiger partial charge in [0.1, 0.15) is 13.2 Å². The Balaban J connectivity index is 4.55. The minimum Gasteiger partial charge on any atom is -0.462 e. The first kappa shape index (κ1) is 63.1. The van der Waals surface area contributed by atoms with Crippen LogP contribution in [0, 0.1) is 0 Å². The van der Waals surface area contributed by atoms with E-state index in [9.17, 15) is 14.4 Å². The fraction of sp³-hybridized carbons (Fsp3) is 0.656. The Morgan fingerprint density at radius 1 is 0.313 bits per heavy atom. The summed E-state index contributed by atoms with van der Waals surface area (Å²) < 4.78 is 16.7. The lowest BCUT2D eigenvalue weighted by atomic mass is 10.1. The number of allylic oxidation sites excluding steroid dienone is 18. The van der Waals surface area contributed by atoms with E-state index in [0.717, 1.165) is 89.9 Å². The van der Waals surface area contributed by atoms with Crippen molar-refractivity contribution < 1.29 is 28.6 Å². The summed E-state index contributed by atoms with van der Waals surface area (Å²) in [5.74, 6) is -1.02. The molecule has 0 rings (SSSR count).